The molecule has 0 saturated carbocycles. The standard InChI is InChI=1S/C13H19NO3/c1-13(2,3)17-10-6-4-9(5-7-10)8-11(14)12(15)16/h4-7,11H,8,14H2,1-3H3,(H,15,16)/t11-/m0/s1. The fourth-order valence-corrected chi connectivity index (χ4v) is 1.39. The van der Waals surface area contributed by atoms with Crippen molar-refractivity contribution >= 4 is 5.97 Å². The van der Waals surface area contributed by atoms with Gasteiger partial charge >= 0.3 is 5.97 Å². The van der Waals surface area contributed by atoms with Gasteiger partial charge in [-0.25, -0.2) is 0 Å². The Bertz CT molecular complexity index is 379. The van der Waals surface area contributed by atoms with Crippen molar-refractivity contribution in [2.75, 3.05) is 0 Å². The van der Waals surface area contributed by atoms with Crippen molar-refractivity contribution in [3.05, 3.63) is 29.8 Å². The molecular weight excluding hydrogens is 218 g/mol. The fourth-order valence-electron chi connectivity index (χ4n) is 1.39. The van der Waals surface area contributed by atoms with Gasteiger partial charge in [-0.15, -0.1) is 0 Å². The van der Waals surface area contributed by atoms with Crippen molar-refractivity contribution in [3.63, 3.8) is 0 Å². The Balaban J connectivity index is 2.65. The number of benzene rings is 1. The van der Waals surface area contributed by atoms with E-state index in [1.54, 1.807) is 0 Å². The third-order valence-corrected chi connectivity index (χ3v) is 2.12. The molecule has 1 rings (SSSR count). The van der Waals surface area contributed by atoms with Gasteiger partial charge in [-0.3, -0.25) is 4.79 Å². The highest BCUT2D eigenvalue weighted by atomic mass is 16.5. The van der Waals surface area contributed by atoms with Crippen LogP contribution in [0.3, 0.4) is 0 Å². The Morgan fingerprint density at radius 1 is 1.35 bits per heavy atom. The number of nitrogens with two attached hydrogens (primary N) is 1. The molecule has 0 aliphatic rings. The zero-order valence-electron chi connectivity index (χ0n) is 10.4. The molecule has 0 heterocycles. The largest absolute Gasteiger partial charge is 0.488 e. The molecule has 0 amide bonds. The average Bonchev–Trinajstić information content (AvgIpc) is 2.18. The quantitative estimate of drug-likeness (QED) is 0.837. The molecule has 17 heavy (non-hydrogen) atoms. The van der Waals surface area contributed by atoms with E-state index in [2.05, 4.69) is 0 Å². The minimum Gasteiger partial charge on any atom is -0.488 e. The van der Waals surface area contributed by atoms with Crippen LogP contribution in [0, 0.1) is 0 Å². The maximum absolute atomic E-state index is 10.6. The van der Waals surface area contributed by atoms with Crippen LogP contribution in [0.1, 0.15) is 26.3 Å². The summed E-state index contributed by atoms with van der Waals surface area (Å²) in [7, 11) is 0. The normalized spacial score (nSPS) is 13.2. The number of aliphatic carboxylic acids is 1. The zero-order chi connectivity index (χ0) is 13.1. The lowest BCUT2D eigenvalue weighted by Crippen LogP contribution is -2.32. The molecule has 0 bridgehead atoms. The number of carboxylic acids is 1. The first-order chi connectivity index (χ1) is 7.78. The third-order valence-electron chi connectivity index (χ3n) is 2.12. The summed E-state index contributed by atoms with van der Waals surface area (Å²) >= 11 is 0. The molecule has 0 radical (unpaired) electrons. The van der Waals surface area contributed by atoms with E-state index in [1.807, 2.05) is 45.0 Å². The lowest BCUT2D eigenvalue weighted by Gasteiger charge is -2.21. The van der Waals surface area contributed by atoms with E-state index in [-0.39, 0.29) is 5.60 Å². The SMILES string of the molecule is CC(C)(C)Oc1ccc(C[C@H](N)C(=O)O)cc1. The van der Waals surface area contributed by atoms with E-state index >= 15 is 0 Å². The first-order valence-electron chi connectivity index (χ1n) is 5.54. The second-order valence-corrected chi connectivity index (χ2v) is 5.01. The molecule has 1 aromatic rings. The Kier molecular flexibility index (Phi) is 4.12. The van der Waals surface area contributed by atoms with Crippen LogP contribution in [0.5, 0.6) is 5.75 Å². The molecule has 0 unspecified atom stereocenters. The summed E-state index contributed by atoms with van der Waals surface area (Å²) in [6.07, 6.45) is 0.325. The molecular formula is C13H19NO3. The van der Waals surface area contributed by atoms with E-state index in [0.717, 1.165) is 11.3 Å². The van der Waals surface area contributed by atoms with Crippen LogP contribution in [-0.2, 0) is 11.2 Å². The summed E-state index contributed by atoms with van der Waals surface area (Å²) in [5.74, 6) is -0.217. The summed E-state index contributed by atoms with van der Waals surface area (Å²) in [6.45, 7) is 5.92. The predicted molar refractivity (Wildman–Crippen MR) is 66.1 cm³/mol. The maximum atomic E-state index is 10.6. The van der Waals surface area contributed by atoms with Crippen molar-refractivity contribution in [3.8, 4) is 5.75 Å². The van der Waals surface area contributed by atoms with Crippen molar-refractivity contribution in [2.45, 2.75) is 38.8 Å². The molecule has 1 aromatic carbocycles. The van der Waals surface area contributed by atoms with Crippen LogP contribution < -0.4 is 10.5 Å². The highest BCUT2D eigenvalue weighted by Gasteiger charge is 2.13. The molecule has 0 spiro atoms. The molecule has 0 fully saturated rings. The first kappa shape index (κ1) is 13.5. The molecule has 1 atom stereocenters. The van der Waals surface area contributed by atoms with E-state index in [0.29, 0.717) is 6.42 Å². The van der Waals surface area contributed by atoms with Gasteiger partial charge in [0.15, 0.2) is 0 Å². The van der Waals surface area contributed by atoms with Gasteiger partial charge in [0.05, 0.1) is 0 Å². The van der Waals surface area contributed by atoms with E-state index in [4.69, 9.17) is 15.6 Å². The van der Waals surface area contributed by atoms with Gasteiger partial charge in [0.25, 0.3) is 0 Å². The minimum absolute atomic E-state index is 0.237. The van der Waals surface area contributed by atoms with Crippen LogP contribution in [0.25, 0.3) is 0 Å². The molecule has 4 nitrogen and oxygen atoms in total. The van der Waals surface area contributed by atoms with E-state index in [1.165, 1.54) is 0 Å². The van der Waals surface area contributed by atoms with Gasteiger partial charge in [-0.05, 0) is 44.9 Å². The van der Waals surface area contributed by atoms with E-state index in [9.17, 15) is 4.79 Å². The number of ether oxygens (including phenoxy) is 1. The Hall–Kier alpha value is -1.55. The lowest BCUT2D eigenvalue weighted by molar-refractivity contribution is -0.138. The van der Waals surface area contributed by atoms with Gasteiger partial charge in [-0.1, -0.05) is 12.1 Å². The lowest BCUT2D eigenvalue weighted by atomic mass is 10.1. The van der Waals surface area contributed by atoms with Crippen molar-refractivity contribution < 1.29 is 14.6 Å². The van der Waals surface area contributed by atoms with Gasteiger partial charge in [0, 0.05) is 0 Å². The number of carboxylic acid groups (broad SMARTS) is 1. The van der Waals surface area contributed by atoms with Gasteiger partial charge in [0.2, 0.25) is 0 Å². The number of hydrogen-bond acceptors (Lipinski definition) is 3. The number of hydrogen-bond donors (Lipinski definition) is 2. The van der Waals surface area contributed by atoms with Gasteiger partial charge in [-0.2, -0.15) is 0 Å². The van der Waals surface area contributed by atoms with E-state index < -0.39 is 12.0 Å². The maximum Gasteiger partial charge on any atom is 0.320 e. The minimum atomic E-state index is -0.986. The Labute approximate surface area is 101 Å². The summed E-state index contributed by atoms with van der Waals surface area (Å²) in [5, 5.41) is 8.70. The monoisotopic (exact) mass is 237 g/mol. The van der Waals surface area contributed by atoms with Gasteiger partial charge in [0.1, 0.15) is 17.4 Å². The van der Waals surface area contributed by atoms with Crippen molar-refractivity contribution in [1.29, 1.82) is 0 Å². The summed E-state index contributed by atoms with van der Waals surface area (Å²) in [5.41, 5.74) is 6.11. The average molecular weight is 237 g/mol. The highest BCUT2D eigenvalue weighted by Crippen LogP contribution is 2.18. The first-order valence-corrected chi connectivity index (χ1v) is 5.54. The van der Waals surface area contributed by atoms with Crippen LogP contribution in [-0.4, -0.2) is 22.7 Å². The Morgan fingerprint density at radius 3 is 2.29 bits per heavy atom. The summed E-state index contributed by atoms with van der Waals surface area (Å²) < 4.78 is 5.66. The number of carbonyl (C=O) groups is 1. The predicted octanol–water partition coefficient (Wildman–Crippen LogP) is 1.82. The summed E-state index contributed by atoms with van der Waals surface area (Å²) in [4.78, 5) is 10.6. The second kappa shape index (κ2) is 5.19. The van der Waals surface area contributed by atoms with Gasteiger partial charge < -0.3 is 15.6 Å². The van der Waals surface area contributed by atoms with Crippen LogP contribution in [0.2, 0.25) is 0 Å². The van der Waals surface area contributed by atoms with Crippen LogP contribution in [0.15, 0.2) is 24.3 Å². The molecule has 3 N–H and O–H groups in total. The molecule has 94 valence electrons. The Morgan fingerprint density at radius 2 is 1.88 bits per heavy atom. The summed E-state index contributed by atoms with van der Waals surface area (Å²) in [6, 6.07) is 6.47. The highest BCUT2D eigenvalue weighted by molar-refractivity contribution is 5.73. The van der Waals surface area contributed by atoms with Crippen LogP contribution >= 0.6 is 0 Å². The number of rotatable bonds is 4. The third kappa shape index (κ3) is 4.87. The topological polar surface area (TPSA) is 72.5 Å². The molecule has 0 aliphatic heterocycles. The second-order valence-electron chi connectivity index (χ2n) is 5.01. The molecule has 0 aliphatic carbocycles. The van der Waals surface area contributed by atoms with Crippen LogP contribution in [0.4, 0.5) is 0 Å². The van der Waals surface area contributed by atoms with Crippen molar-refractivity contribution in [1.82, 2.24) is 0 Å². The molecule has 0 saturated heterocycles. The smallest absolute Gasteiger partial charge is 0.320 e. The molecule has 0 aromatic heterocycles. The van der Waals surface area contributed by atoms with Crippen molar-refractivity contribution in [2.24, 2.45) is 5.73 Å². The molecule has 4 heteroatoms. The fraction of sp³-hybridized carbons (Fsp3) is 0.462. The zero-order valence-corrected chi connectivity index (χ0v) is 10.4.